The molecule has 0 aromatic heterocycles. The summed E-state index contributed by atoms with van der Waals surface area (Å²) in [6, 6.07) is 12.1. The van der Waals surface area contributed by atoms with Gasteiger partial charge in [0.2, 0.25) is 0 Å². The zero-order valence-corrected chi connectivity index (χ0v) is 19.7. The Morgan fingerprint density at radius 3 is 1.65 bits per heavy atom. The summed E-state index contributed by atoms with van der Waals surface area (Å²) in [5.41, 5.74) is 5.39. The van der Waals surface area contributed by atoms with Crippen molar-refractivity contribution in [2.24, 2.45) is 0 Å². The lowest BCUT2D eigenvalue weighted by Crippen LogP contribution is -2.20. The molecule has 0 spiro atoms. The molecule has 0 amide bonds. The topological polar surface area (TPSA) is 108 Å². The number of rotatable bonds is 7. The van der Waals surface area contributed by atoms with Crippen molar-refractivity contribution >= 4 is 23.3 Å². The second-order valence-electron chi connectivity index (χ2n) is 8.38. The van der Waals surface area contributed by atoms with Gasteiger partial charge >= 0.3 is 11.9 Å². The maximum absolute atomic E-state index is 12.2. The number of nitrogens with one attached hydrogen (secondary N) is 2. The minimum absolute atomic E-state index is 0.0366. The molecule has 4 rings (SSSR count). The maximum Gasteiger partial charge on any atom is 0.336 e. The van der Waals surface area contributed by atoms with Crippen molar-refractivity contribution in [3.05, 3.63) is 81.4 Å². The van der Waals surface area contributed by atoms with Crippen LogP contribution in [0.2, 0.25) is 0 Å². The van der Waals surface area contributed by atoms with Gasteiger partial charge in [-0.25, -0.2) is 9.59 Å². The standard InChI is InChI=1S/C27H28N2O5/c1-5-28-20-12-22-18(10-14(20)3)25(19-11-15(4)21(29-6-2)13-23(19)34-22)24-16(26(30)31)8-7-9-17(24)27(32)33/h7-13,25,28-29H,5-6H2,1-4H3,(H,30,31)(H,32,33). The van der Waals surface area contributed by atoms with Crippen LogP contribution in [0.15, 0.2) is 42.5 Å². The van der Waals surface area contributed by atoms with Crippen LogP contribution in [0.4, 0.5) is 11.4 Å². The van der Waals surface area contributed by atoms with Crippen LogP contribution in [-0.4, -0.2) is 35.2 Å². The lowest BCUT2D eigenvalue weighted by atomic mass is 9.77. The molecule has 0 saturated carbocycles. The van der Waals surface area contributed by atoms with Crippen LogP contribution >= 0.6 is 0 Å². The number of benzene rings is 3. The van der Waals surface area contributed by atoms with E-state index in [0.29, 0.717) is 11.5 Å². The fourth-order valence-electron chi connectivity index (χ4n) is 4.66. The molecule has 0 atom stereocenters. The predicted octanol–water partition coefficient (Wildman–Crippen LogP) is 5.85. The van der Waals surface area contributed by atoms with E-state index in [0.717, 1.165) is 46.7 Å². The number of carboxylic acids is 2. The van der Waals surface area contributed by atoms with Crippen molar-refractivity contribution in [1.29, 1.82) is 0 Å². The summed E-state index contributed by atoms with van der Waals surface area (Å²) in [6.45, 7) is 9.40. The van der Waals surface area contributed by atoms with Crippen LogP contribution in [0.3, 0.4) is 0 Å². The molecule has 3 aromatic carbocycles. The SMILES string of the molecule is CCNc1cc2c(cc1C)C(c1c(C(=O)O)cccc1C(=O)O)c1cc(C)c(NCC)cc1O2. The average Bonchev–Trinajstić information content (AvgIpc) is 2.79. The van der Waals surface area contributed by atoms with E-state index < -0.39 is 17.9 Å². The molecule has 0 radical (unpaired) electrons. The maximum atomic E-state index is 12.2. The first-order chi connectivity index (χ1) is 16.3. The third kappa shape index (κ3) is 3.94. The minimum atomic E-state index is -1.17. The molecule has 3 aromatic rings. The van der Waals surface area contributed by atoms with Crippen molar-refractivity contribution in [2.75, 3.05) is 23.7 Å². The number of aromatic carboxylic acids is 2. The number of ether oxygens (including phenoxy) is 1. The fraction of sp³-hybridized carbons (Fsp3) is 0.259. The van der Waals surface area contributed by atoms with Gasteiger partial charge in [-0.15, -0.1) is 0 Å². The molecule has 34 heavy (non-hydrogen) atoms. The summed E-state index contributed by atoms with van der Waals surface area (Å²) in [6.07, 6.45) is 0. The van der Waals surface area contributed by atoms with Gasteiger partial charge in [0, 0.05) is 53.6 Å². The van der Waals surface area contributed by atoms with Crippen molar-refractivity contribution < 1.29 is 24.5 Å². The average molecular weight is 461 g/mol. The van der Waals surface area contributed by atoms with E-state index in [4.69, 9.17) is 4.74 Å². The molecule has 0 bridgehead atoms. The van der Waals surface area contributed by atoms with Gasteiger partial charge in [-0.2, -0.15) is 0 Å². The molecule has 4 N–H and O–H groups in total. The highest BCUT2D eigenvalue weighted by Gasteiger charge is 2.35. The first kappa shape index (κ1) is 23.2. The van der Waals surface area contributed by atoms with Gasteiger partial charge in [-0.05, 0) is 68.7 Å². The molecule has 0 unspecified atom stereocenters. The van der Waals surface area contributed by atoms with E-state index in [1.807, 2.05) is 52.0 Å². The van der Waals surface area contributed by atoms with E-state index in [9.17, 15) is 19.8 Å². The van der Waals surface area contributed by atoms with Crippen molar-refractivity contribution in [3.63, 3.8) is 0 Å². The molecule has 7 nitrogen and oxygen atoms in total. The minimum Gasteiger partial charge on any atom is -0.478 e. The van der Waals surface area contributed by atoms with Crippen LogP contribution in [0.1, 0.15) is 68.3 Å². The lowest BCUT2D eigenvalue weighted by Gasteiger charge is -2.32. The molecule has 1 aliphatic heterocycles. The third-order valence-electron chi connectivity index (χ3n) is 6.15. The second-order valence-corrected chi connectivity index (χ2v) is 8.38. The number of carbonyl (C=O) groups is 2. The van der Waals surface area contributed by atoms with Crippen LogP contribution in [0.5, 0.6) is 11.5 Å². The summed E-state index contributed by atoms with van der Waals surface area (Å²) in [5, 5.41) is 26.6. The van der Waals surface area contributed by atoms with Crippen LogP contribution < -0.4 is 15.4 Å². The Balaban J connectivity index is 2.08. The molecule has 0 saturated heterocycles. The lowest BCUT2D eigenvalue weighted by molar-refractivity contribution is 0.0695. The Morgan fingerprint density at radius 2 is 1.26 bits per heavy atom. The zero-order chi connectivity index (χ0) is 24.6. The Labute approximate surface area is 198 Å². The van der Waals surface area contributed by atoms with Crippen molar-refractivity contribution in [3.8, 4) is 11.5 Å². The monoisotopic (exact) mass is 460 g/mol. The van der Waals surface area contributed by atoms with E-state index >= 15 is 0 Å². The van der Waals surface area contributed by atoms with Crippen LogP contribution in [0.25, 0.3) is 0 Å². The highest BCUT2D eigenvalue weighted by Crippen LogP contribution is 2.51. The summed E-state index contributed by atoms with van der Waals surface area (Å²) in [7, 11) is 0. The third-order valence-corrected chi connectivity index (χ3v) is 6.15. The molecule has 0 aliphatic carbocycles. The summed E-state index contributed by atoms with van der Waals surface area (Å²) in [5.74, 6) is -1.82. The number of hydrogen-bond acceptors (Lipinski definition) is 5. The summed E-state index contributed by atoms with van der Waals surface area (Å²) in [4.78, 5) is 24.5. The molecule has 0 fully saturated rings. The normalized spacial score (nSPS) is 12.4. The van der Waals surface area contributed by atoms with Gasteiger partial charge in [0.15, 0.2) is 0 Å². The Bertz CT molecular complexity index is 1200. The van der Waals surface area contributed by atoms with Crippen molar-refractivity contribution in [1.82, 2.24) is 0 Å². The molecule has 176 valence electrons. The van der Waals surface area contributed by atoms with Gasteiger partial charge in [-0.1, -0.05) is 6.07 Å². The van der Waals surface area contributed by atoms with E-state index in [-0.39, 0.29) is 16.7 Å². The smallest absolute Gasteiger partial charge is 0.336 e. The van der Waals surface area contributed by atoms with Crippen LogP contribution in [-0.2, 0) is 0 Å². The second kappa shape index (κ2) is 9.09. The van der Waals surface area contributed by atoms with E-state index in [1.165, 1.54) is 18.2 Å². The Morgan fingerprint density at radius 1 is 0.824 bits per heavy atom. The van der Waals surface area contributed by atoms with Gasteiger partial charge in [0.25, 0.3) is 0 Å². The molecular weight excluding hydrogens is 432 g/mol. The quantitative estimate of drug-likeness (QED) is 0.274. The predicted molar refractivity (Wildman–Crippen MR) is 132 cm³/mol. The first-order valence-corrected chi connectivity index (χ1v) is 11.3. The molecule has 1 heterocycles. The molecule has 1 aliphatic rings. The number of carboxylic acid groups (broad SMARTS) is 2. The number of aryl methyl sites for hydroxylation is 2. The van der Waals surface area contributed by atoms with Gasteiger partial charge in [0.1, 0.15) is 11.5 Å². The van der Waals surface area contributed by atoms with Crippen molar-refractivity contribution in [2.45, 2.75) is 33.6 Å². The fourth-order valence-corrected chi connectivity index (χ4v) is 4.66. The van der Waals surface area contributed by atoms with Gasteiger partial charge < -0.3 is 25.6 Å². The zero-order valence-electron chi connectivity index (χ0n) is 19.7. The van der Waals surface area contributed by atoms with E-state index in [1.54, 1.807) is 0 Å². The highest BCUT2D eigenvalue weighted by atomic mass is 16.5. The van der Waals surface area contributed by atoms with Gasteiger partial charge in [0.05, 0.1) is 11.1 Å². The molecular formula is C27H28N2O5. The summed E-state index contributed by atoms with van der Waals surface area (Å²) < 4.78 is 6.34. The Kier molecular flexibility index (Phi) is 6.20. The largest absolute Gasteiger partial charge is 0.478 e. The number of fused-ring (bicyclic) bond motifs is 2. The number of hydrogen-bond donors (Lipinski definition) is 4. The molecule has 7 heteroatoms. The Hall–Kier alpha value is -4.00. The summed E-state index contributed by atoms with van der Waals surface area (Å²) >= 11 is 0. The van der Waals surface area contributed by atoms with Crippen LogP contribution in [0, 0.1) is 13.8 Å². The highest BCUT2D eigenvalue weighted by molar-refractivity contribution is 5.98. The van der Waals surface area contributed by atoms with Gasteiger partial charge in [-0.3, -0.25) is 0 Å². The van der Waals surface area contributed by atoms with E-state index in [2.05, 4.69) is 10.6 Å². The number of anilines is 2. The first-order valence-electron chi connectivity index (χ1n) is 11.3.